The van der Waals surface area contributed by atoms with Gasteiger partial charge in [0.2, 0.25) is 0 Å². The van der Waals surface area contributed by atoms with Crippen LogP contribution >= 0.6 is 16.1 Å². The molecule has 214 valence electrons. The first-order chi connectivity index (χ1) is 21.3. The monoisotopic (exact) mass is 595 g/mol. The molecule has 1 heterocycles. The molecule has 0 aromatic heterocycles. The molecule has 7 rings (SSSR count). The van der Waals surface area contributed by atoms with E-state index in [1.165, 1.54) is 69.0 Å². The number of nitrogens with zero attached hydrogens (tertiary/aromatic N) is 1. The number of benzene rings is 6. The van der Waals surface area contributed by atoms with Crippen molar-refractivity contribution >= 4 is 48.3 Å². The van der Waals surface area contributed by atoms with Gasteiger partial charge in [-0.15, -0.1) is 0 Å². The van der Waals surface area contributed by atoms with E-state index in [9.17, 15) is 0 Å². The Hall–Kier alpha value is -3.34. The lowest BCUT2D eigenvalue weighted by molar-refractivity contribution is 0.632. The largest absolute Gasteiger partial charge is 0.251 e. The van der Waals surface area contributed by atoms with Crippen molar-refractivity contribution in [2.24, 2.45) is 0 Å². The van der Waals surface area contributed by atoms with Gasteiger partial charge < -0.3 is 0 Å². The van der Waals surface area contributed by atoms with Crippen molar-refractivity contribution in [1.82, 2.24) is 4.44 Å². The lowest BCUT2D eigenvalue weighted by Gasteiger charge is -2.42. The molecule has 0 amide bonds. The quantitative estimate of drug-likeness (QED) is 0.150. The van der Waals surface area contributed by atoms with Crippen LogP contribution in [-0.2, 0) is 0 Å². The molecule has 2 unspecified atom stereocenters. The maximum Gasteiger partial charge on any atom is 0.0319 e. The van der Waals surface area contributed by atoms with Gasteiger partial charge in [-0.2, -0.15) is 0 Å². The van der Waals surface area contributed by atoms with E-state index < -0.39 is 16.1 Å². The molecular formula is C40H39NP2. The molecule has 0 spiro atoms. The Bertz CT molecular complexity index is 1680. The standard InChI is InChI=1S/C40H39NP2/c1-2-3-28-41(43-39(33-16-6-4-7-17-33)26-27-40(43)34-18-8-5-9-19-34)42(37-24-22-31-14-10-12-20-35(31)29-37)38-25-23-32-15-11-13-21-36(32)30-38/h4-25,29-30,39-40H,2-3,26-28H2,1H3/t39-,40?,43?/m0/s1. The van der Waals surface area contributed by atoms with Gasteiger partial charge in [0.15, 0.2) is 0 Å². The van der Waals surface area contributed by atoms with Crippen LogP contribution in [0, 0.1) is 0 Å². The molecule has 1 fully saturated rings. The van der Waals surface area contributed by atoms with Gasteiger partial charge in [-0.1, -0.05) is 147 Å². The average molecular weight is 596 g/mol. The van der Waals surface area contributed by atoms with Gasteiger partial charge in [-0.05, 0) is 82.7 Å². The normalized spacial score (nSPS) is 18.6. The zero-order valence-corrected chi connectivity index (χ0v) is 26.7. The third-order valence-electron chi connectivity index (χ3n) is 8.89. The molecule has 6 aromatic rings. The van der Waals surface area contributed by atoms with Crippen molar-refractivity contribution in [3.63, 3.8) is 0 Å². The van der Waals surface area contributed by atoms with Crippen LogP contribution in [0.2, 0.25) is 0 Å². The highest BCUT2D eigenvalue weighted by Gasteiger charge is 2.44. The van der Waals surface area contributed by atoms with Crippen LogP contribution in [0.15, 0.2) is 146 Å². The number of unbranched alkanes of at least 4 members (excludes halogenated alkanes) is 1. The van der Waals surface area contributed by atoms with E-state index >= 15 is 0 Å². The number of hydrogen-bond acceptors (Lipinski definition) is 1. The summed E-state index contributed by atoms with van der Waals surface area (Å²) in [4.78, 5) is 0. The van der Waals surface area contributed by atoms with Crippen LogP contribution in [0.1, 0.15) is 55.1 Å². The minimum atomic E-state index is -0.755. The molecule has 1 aliphatic rings. The van der Waals surface area contributed by atoms with Crippen LogP contribution in [0.3, 0.4) is 0 Å². The first-order valence-corrected chi connectivity index (χ1v) is 18.5. The highest BCUT2D eigenvalue weighted by atomic mass is 31.2. The number of rotatable bonds is 9. The maximum atomic E-state index is 3.05. The van der Waals surface area contributed by atoms with Crippen molar-refractivity contribution in [3.8, 4) is 0 Å². The van der Waals surface area contributed by atoms with Gasteiger partial charge in [0.25, 0.3) is 0 Å². The van der Waals surface area contributed by atoms with Crippen molar-refractivity contribution in [2.75, 3.05) is 6.54 Å². The van der Waals surface area contributed by atoms with Crippen molar-refractivity contribution < 1.29 is 0 Å². The van der Waals surface area contributed by atoms with Crippen molar-refractivity contribution in [1.29, 1.82) is 0 Å². The summed E-state index contributed by atoms with van der Waals surface area (Å²) >= 11 is 0. The molecule has 3 atom stereocenters. The van der Waals surface area contributed by atoms with Gasteiger partial charge in [0, 0.05) is 25.9 Å². The molecule has 1 aliphatic heterocycles. The number of hydrogen-bond donors (Lipinski definition) is 0. The molecular weight excluding hydrogens is 556 g/mol. The van der Waals surface area contributed by atoms with Gasteiger partial charge in [-0.25, -0.2) is 0 Å². The van der Waals surface area contributed by atoms with Gasteiger partial charge in [-0.3, -0.25) is 4.44 Å². The van der Waals surface area contributed by atoms with E-state index in [2.05, 4.69) is 157 Å². The molecule has 1 saturated heterocycles. The molecule has 43 heavy (non-hydrogen) atoms. The predicted molar refractivity (Wildman–Crippen MR) is 190 cm³/mol. The van der Waals surface area contributed by atoms with E-state index in [4.69, 9.17) is 0 Å². The summed E-state index contributed by atoms with van der Waals surface area (Å²) in [5.74, 6) is 0. The Morgan fingerprint density at radius 3 is 1.47 bits per heavy atom. The van der Waals surface area contributed by atoms with Crippen LogP contribution < -0.4 is 10.6 Å². The topological polar surface area (TPSA) is 3.24 Å². The first-order valence-electron chi connectivity index (χ1n) is 15.7. The second-order valence-electron chi connectivity index (χ2n) is 11.6. The van der Waals surface area contributed by atoms with E-state index in [1.807, 2.05) is 0 Å². The second kappa shape index (κ2) is 13.1. The second-order valence-corrected chi connectivity index (χ2v) is 16.6. The first kappa shape index (κ1) is 28.4. The zero-order chi connectivity index (χ0) is 29.0. The van der Waals surface area contributed by atoms with Gasteiger partial charge in [0.05, 0.1) is 0 Å². The molecule has 0 radical (unpaired) electrons. The van der Waals surface area contributed by atoms with Crippen molar-refractivity contribution in [2.45, 2.75) is 43.9 Å². The fourth-order valence-electron chi connectivity index (χ4n) is 6.76. The summed E-state index contributed by atoms with van der Waals surface area (Å²) in [6, 6.07) is 55.1. The molecule has 0 saturated carbocycles. The summed E-state index contributed by atoms with van der Waals surface area (Å²) in [6.07, 6.45) is 4.90. The van der Waals surface area contributed by atoms with Crippen molar-refractivity contribution in [3.05, 3.63) is 157 Å². The van der Waals surface area contributed by atoms with Crippen LogP contribution in [0.5, 0.6) is 0 Å². The smallest absolute Gasteiger partial charge is 0.0319 e. The van der Waals surface area contributed by atoms with Gasteiger partial charge >= 0.3 is 0 Å². The lowest BCUT2D eigenvalue weighted by Crippen LogP contribution is -2.28. The molecule has 1 nitrogen and oxygen atoms in total. The van der Waals surface area contributed by atoms with Gasteiger partial charge in [0.1, 0.15) is 0 Å². The summed E-state index contributed by atoms with van der Waals surface area (Å²) in [5.41, 5.74) is 4.15. The Morgan fingerprint density at radius 1 is 0.558 bits per heavy atom. The minimum absolute atomic E-state index is 0.510. The number of fused-ring (bicyclic) bond motifs is 2. The molecule has 3 heteroatoms. The minimum Gasteiger partial charge on any atom is -0.251 e. The molecule has 0 aliphatic carbocycles. The van der Waals surface area contributed by atoms with E-state index in [0.29, 0.717) is 11.3 Å². The average Bonchev–Trinajstić information content (AvgIpc) is 3.52. The Morgan fingerprint density at radius 2 is 1.00 bits per heavy atom. The third kappa shape index (κ3) is 5.92. The van der Waals surface area contributed by atoms with E-state index in [1.54, 1.807) is 0 Å². The highest BCUT2D eigenvalue weighted by Crippen LogP contribution is 2.76. The predicted octanol–water partition coefficient (Wildman–Crippen LogP) is 11.1. The molecule has 0 bridgehead atoms. The van der Waals surface area contributed by atoms with E-state index in [-0.39, 0.29) is 0 Å². The third-order valence-corrected chi connectivity index (χ3v) is 15.4. The Balaban J connectivity index is 1.44. The molecule has 6 aromatic carbocycles. The maximum absolute atomic E-state index is 3.05. The van der Waals surface area contributed by atoms with Crippen LogP contribution in [0.25, 0.3) is 21.5 Å². The highest BCUT2D eigenvalue weighted by molar-refractivity contribution is 7.79. The van der Waals surface area contributed by atoms with Crippen LogP contribution in [0.4, 0.5) is 0 Å². The summed E-state index contributed by atoms with van der Waals surface area (Å²) in [7, 11) is -1.27. The fourth-order valence-corrected chi connectivity index (χ4v) is 14.3. The summed E-state index contributed by atoms with van der Waals surface area (Å²) in [5, 5.41) is 8.23. The Kier molecular flexibility index (Phi) is 8.67. The van der Waals surface area contributed by atoms with Crippen LogP contribution in [-0.4, -0.2) is 11.0 Å². The SMILES string of the molecule is CCCCN(P(c1ccc2ccccc2c1)c1ccc2ccccc2c1)P1C(c2ccccc2)CC[C@H]1c1ccccc1. The summed E-state index contributed by atoms with van der Waals surface area (Å²) in [6.45, 7) is 3.47. The molecule has 0 N–H and O–H groups in total. The Labute approximate surface area is 259 Å². The summed E-state index contributed by atoms with van der Waals surface area (Å²) < 4.78 is 3.05. The lowest BCUT2D eigenvalue weighted by atomic mass is 10.0. The zero-order valence-electron chi connectivity index (χ0n) is 24.9. The van der Waals surface area contributed by atoms with E-state index in [0.717, 1.165) is 6.54 Å². The fraction of sp³-hybridized carbons (Fsp3) is 0.200.